The van der Waals surface area contributed by atoms with Gasteiger partial charge in [0.1, 0.15) is 0 Å². The van der Waals surface area contributed by atoms with Crippen molar-refractivity contribution in [1.82, 2.24) is 24.9 Å². The molecule has 0 unspecified atom stereocenters. The highest BCUT2D eigenvalue weighted by Gasteiger charge is 2.22. The van der Waals surface area contributed by atoms with Crippen molar-refractivity contribution in [3.05, 3.63) is 59.4 Å². The molecule has 4 rings (SSSR count). The van der Waals surface area contributed by atoms with Crippen LogP contribution in [0.1, 0.15) is 16.8 Å². The van der Waals surface area contributed by atoms with E-state index in [1.807, 2.05) is 61.3 Å². The highest BCUT2D eigenvalue weighted by molar-refractivity contribution is 5.89. The minimum Gasteiger partial charge on any atom is -0.352 e. The largest absolute Gasteiger partial charge is 0.352 e. The van der Waals surface area contributed by atoms with Gasteiger partial charge in [-0.1, -0.05) is 6.07 Å². The fourth-order valence-electron chi connectivity index (χ4n) is 3.31. The summed E-state index contributed by atoms with van der Waals surface area (Å²) in [5.41, 5.74) is 4.15. The first-order valence-electron chi connectivity index (χ1n) is 9.74. The maximum absolute atomic E-state index is 12.6. The first kappa shape index (κ1) is 18.9. The highest BCUT2D eigenvalue weighted by Crippen LogP contribution is 2.17. The van der Waals surface area contributed by atoms with E-state index in [0.717, 1.165) is 30.3 Å². The summed E-state index contributed by atoms with van der Waals surface area (Å²) in [7, 11) is 0. The molecule has 2 aromatic heterocycles. The quantitative estimate of drug-likeness (QED) is 0.743. The van der Waals surface area contributed by atoms with Crippen molar-refractivity contribution in [3.8, 4) is 5.82 Å². The van der Waals surface area contributed by atoms with E-state index in [1.54, 1.807) is 4.68 Å². The van der Waals surface area contributed by atoms with Crippen molar-refractivity contribution in [2.24, 2.45) is 0 Å². The number of urea groups is 1. The second-order valence-corrected chi connectivity index (χ2v) is 7.35. The molecule has 8 nitrogen and oxygen atoms in total. The zero-order valence-electron chi connectivity index (χ0n) is 17.0. The SMILES string of the molecule is Cc1ccn(-c2ccc(N3CCN(C(=O)Nc4ccc(C)c(C)c4)CC3)nn2)n1. The van der Waals surface area contributed by atoms with Crippen LogP contribution in [0.25, 0.3) is 5.82 Å². The van der Waals surface area contributed by atoms with E-state index < -0.39 is 0 Å². The van der Waals surface area contributed by atoms with Gasteiger partial charge in [-0.05, 0) is 62.2 Å². The van der Waals surface area contributed by atoms with Crippen molar-refractivity contribution in [1.29, 1.82) is 0 Å². The molecule has 0 aliphatic carbocycles. The van der Waals surface area contributed by atoms with Crippen molar-refractivity contribution >= 4 is 17.5 Å². The zero-order chi connectivity index (χ0) is 20.4. The molecule has 150 valence electrons. The fourth-order valence-corrected chi connectivity index (χ4v) is 3.31. The second kappa shape index (κ2) is 7.90. The Labute approximate surface area is 170 Å². The number of nitrogens with one attached hydrogen (secondary N) is 1. The van der Waals surface area contributed by atoms with Crippen LogP contribution in [0.5, 0.6) is 0 Å². The van der Waals surface area contributed by atoms with Crippen molar-refractivity contribution in [3.63, 3.8) is 0 Å². The van der Waals surface area contributed by atoms with Gasteiger partial charge >= 0.3 is 6.03 Å². The number of carbonyl (C=O) groups is 1. The summed E-state index contributed by atoms with van der Waals surface area (Å²) in [4.78, 5) is 16.5. The molecule has 29 heavy (non-hydrogen) atoms. The van der Waals surface area contributed by atoms with Gasteiger partial charge in [0.2, 0.25) is 0 Å². The Balaban J connectivity index is 1.34. The molecule has 0 spiro atoms. The lowest BCUT2D eigenvalue weighted by atomic mass is 10.1. The van der Waals surface area contributed by atoms with E-state index >= 15 is 0 Å². The third-order valence-electron chi connectivity index (χ3n) is 5.24. The number of nitrogens with zero attached hydrogens (tertiary/aromatic N) is 6. The van der Waals surface area contributed by atoms with E-state index in [9.17, 15) is 4.79 Å². The number of aromatic nitrogens is 4. The van der Waals surface area contributed by atoms with Crippen LogP contribution in [0.2, 0.25) is 0 Å². The van der Waals surface area contributed by atoms with E-state index in [1.165, 1.54) is 11.1 Å². The first-order chi connectivity index (χ1) is 14.0. The maximum Gasteiger partial charge on any atom is 0.321 e. The Bertz CT molecular complexity index is 1000. The molecule has 1 fully saturated rings. The lowest BCUT2D eigenvalue weighted by molar-refractivity contribution is 0.208. The highest BCUT2D eigenvalue weighted by atomic mass is 16.2. The Morgan fingerprint density at radius 1 is 0.897 bits per heavy atom. The molecule has 1 aromatic carbocycles. The van der Waals surface area contributed by atoms with Crippen LogP contribution in [0.4, 0.5) is 16.3 Å². The molecule has 3 aromatic rings. The van der Waals surface area contributed by atoms with Gasteiger partial charge in [0.25, 0.3) is 0 Å². The summed E-state index contributed by atoms with van der Waals surface area (Å²) in [6.07, 6.45) is 1.87. The molecule has 0 radical (unpaired) electrons. The van der Waals surface area contributed by atoms with Crippen LogP contribution >= 0.6 is 0 Å². The van der Waals surface area contributed by atoms with Gasteiger partial charge in [-0.25, -0.2) is 9.48 Å². The van der Waals surface area contributed by atoms with Gasteiger partial charge in [-0.15, -0.1) is 10.2 Å². The minimum absolute atomic E-state index is 0.0663. The number of anilines is 2. The van der Waals surface area contributed by atoms with Crippen LogP contribution < -0.4 is 10.2 Å². The molecule has 0 atom stereocenters. The number of rotatable bonds is 3. The normalized spacial score (nSPS) is 14.2. The van der Waals surface area contributed by atoms with Gasteiger partial charge < -0.3 is 15.1 Å². The molecule has 1 aliphatic heterocycles. The van der Waals surface area contributed by atoms with E-state index in [-0.39, 0.29) is 6.03 Å². The Morgan fingerprint density at radius 3 is 2.24 bits per heavy atom. The minimum atomic E-state index is -0.0663. The molecule has 0 saturated carbocycles. The van der Waals surface area contributed by atoms with Gasteiger partial charge in [0, 0.05) is 38.1 Å². The van der Waals surface area contributed by atoms with Gasteiger partial charge in [-0.2, -0.15) is 5.10 Å². The fraction of sp³-hybridized carbons (Fsp3) is 0.333. The number of piperazine rings is 1. The third kappa shape index (κ3) is 4.21. The number of aryl methyl sites for hydroxylation is 3. The smallest absolute Gasteiger partial charge is 0.321 e. The number of hydrogen-bond donors (Lipinski definition) is 1. The summed E-state index contributed by atoms with van der Waals surface area (Å²) in [5, 5.41) is 16.0. The molecule has 1 N–H and O–H groups in total. The topological polar surface area (TPSA) is 79.2 Å². The number of amides is 2. The summed E-state index contributed by atoms with van der Waals surface area (Å²) in [6.45, 7) is 8.75. The predicted molar refractivity (Wildman–Crippen MR) is 113 cm³/mol. The number of hydrogen-bond acceptors (Lipinski definition) is 5. The first-order valence-corrected chi connectivity index (χ1v) is 9.74. The predicted octanol–water partition coefficient (Wildman–Crippen LogP) is 2.94. The van der Waals surface area contributed by atoms with Crippen molar-refractivity contribution in [2.45, 2.75) is 20.8 Å². The number of carbonyl (C=O) groups excluding carboxylic acids is 1. The molecule has 8 heteroatoms. The van der Waals surface area contributed by atoms with E-state index in [4.69, 9.17) is 0 Å². The third-order valence-corrected chi connectivity index (χ3v) is 5.24. The van der Waals surface area contributed by atoms with Crippen molar-refractivity contribution < 1.29 is 4.79 Å². The monoisotopic (exact) mass is 391 g/mol. The summed E-state index contributed by atoms with van der Waals surface area (Å²) in [5.74, 6) is 1.50. The van der Waals surface area contributed by atoms with E-state index in [2.05, 4.69) is 32.4 Å². The molecule has 0 bridgehead atoms. The van der Waals surface area contributed by atoms with Gasteiger partial charge in [-0.3, -0.25) is 0 Å². The van der Waals surface area contributed by atoms with E-state index in [0.29, 0.717) is 18.9 Å². The Kier molecular flexibility index (Phi) is 5.16. The summed E-state index contributed by atoms with van der Waals surface area (Å²) < 4.78 is 1.71. The molecule has 1 aliphatic rings. The molecule has 1 saturated heterocycles. The molecular formula is C21H25N7O. The van der Waals surface area contributed by atoms with Crippen LogP contribution in [-0.4, -0.2) is 57.1 Å². The lowest BCUT2D eigenvalue weighted by Crippen LogP contribution is -2.50. The second-order valence-electron chi connectivity index (χ2n) is 7.35. The standard InChI is InChI=1S/C21H25N7O/c1-15-4-5-18(14-16(15)2)22-21(29)27-12-10-26(11-13-27)19-6-7-20(24-23-19)28-9-8-17(3)25-28/h4-9,14H,10-13H2,1-3H3,(H,22,29). The average molecular weight is 391 g/mol. The van der Waals surface area contributed by atoms with Gasteiger partial charge in [0.15, 0.2) is 11.6 Å². The summed E-state index contributed by atoms with van der Waals surface area (Å²) in [6, 6.07) is 11.7. The van der Waals surface area contributed by atoms with Crippen LogP contribution in [0.3, 0.4) is 0 Å². The van der Waals surface area contributed by atoms with Crippen LogP contribution in [0, 0.1) is 20.8 Å². The average Bonchev–Trinajstić information content (AvgIpc) is 3.17. The lowest BCUT2D eigenvalue weighted by Gasteiger charge is -2.35. The molecular weight excluding hydrogens is 366 g/mol. The Hall–Kier alpha value is -3.42. The van der Waals surface area contributed by atoms with Gasteiger partial charge in [0.05, 0.1) is 5.69 Å². The van der Waals surface area contributed by atoms with Crippen LogP contribution in [-0.2, 0) is 0 Å². The van der Waals surface area contributed by atoms with Crippen LogP contribution in [0.15, 0.2) is 42.6 Å². The molecule has 2 amide bonds. The van der Waals surface area contributed by atoms with Crippen molar-refractivity contribution in [2.75, 3.05) is 36.4 Å². The number of benzene rings is 1. The maximum atomic E-state index is 12.6. The Morgan fingerprint density at radius 2 is 1.62 bits per heavy atom. The molecule has 3 heterocycles. The summed E-state index contributed by atoms with van der Waals surface area (Å²) >= 11 is 0. The zero-order valence-corrected chi connectivity index (χ0v) is 17.0.